The summed E-state index contributed by atoms with van der Waals surface area (Å²) in [6, 6.07) is 20.6. The van der Waals surface area contributed by atoms with Crippen molar-refractivity contribution in [1.82, 2.24) is 0 Å². The molecule has 208 valence electrons. The van der Waals surface area contributed by atoms with E-state index in [4.69, 9.17) is 0 Å². The summed E-state index contributed by atoms with van der Waals surface area (Å²) < 4.78 is 14.9. The molecule has 1 atom stereocenters. The molecule has 1 heterocycles. The number of carboxylic acids is 1. The van der Waals surface area contributed by atoms with Gasteiger partial charge in [0.05, 0.1) is 10.8 Å². The maximum atomic E-state index is 14.9. The van der Waals surface area contributed by atoms with Gasteiger partial charge in [0, 0.05) is 31.0 Å². The highest BCUT2D eigenvalue weighted by atomic mass is 32.2. The van der Waals surface area contributed by atoms with Crippen molar-refractivity contribution in [3.8, 4) is 11.1 Å². The molecule has 0 saturated carbocycles. The summed E-state index contributed by atoms with van der Waals surface area (Å²) in [4.78, 5) is 30.9. The zero-order valence-corrected chi connectivity index (χ0v) is 24.0. The molecule has 6 nitrogen and oxygen atoms in total. The Bertz CT molecular complexity index is 1430. The first kappa shape index (κ1) is 29.1. The number of aliphatic imine (C=N–C) groups is 1. The number of halogens is 1. The molecular formula is C32H34FN3O3S. The van der Waals surface area contributed by atoms with Gasteiger partial charge in [-0.25, -0.2) is 4.39 Å². The Morgan fingerprint density at radius 2 is 1.68 bits per heavy atom. The van der Waals surface area contributed by atoms with Crippen molar-refractivity contribution in [1.29, 1.82) is 0 Å². The van der Waals surface area contributed by atoms with E-state index >= 15 is 0 Å². The van der Waals surface area contributed by atoms with E-state index in [1.807, 2.05) is 38.4 Å². The van der Waals surface area contributed by atoms with Crippen LogP contribution in [0.1, 0.15) is 50.2 Å². The lowest BCUT2D eigenvalue weighted by atomic mass is 9.91. The molecule has 0 radical (unpaired) electrons. The monoisotopic (exact) mass is 559 g/mol. The minimum atomic E-state index is -1.03. The number of aliphatic carboxylic acids is 1. The average molecular weight is 560 g/mol. The van der Waals surface area contributed by atoms with Gasteiger partial charge in [-0.2, -0.15) is 4.99 Å². The van der Waals surface area contributed by atoms with Crippen LogP contribution < -0.4 is 10.2 Å². The molecule has 1 amide bonds. The van der Waals surface area contributed by atoms with Crippen LogP contribution >= 0.6 is 11.8 Å². The number of nitrogens with zero attached hydrogens (tertiary/aromatic N) is 2. The van der Waals surface area contributed by atoms with E-state index in [1.165, 1.54) is 23.9 Å². The summed E-state index contributed by atoms with van der Waals surface area (Å²) in [5.41, 5.74) is 4.75. The van der Waals surface area contributed by atoms with Crippen molar-refractivity contribution in [2.24, 2.45) is 10.9 Å². The topological polar surface area (TPSA) is 82.0 Å². The molecule has 3 aromatic carbocycles. The van der Waals surface area contributed by atoms with Gasteiger partial charge in [0.1, 0.15) is 5.82 Å². The second-order valence-electron chi connectivity index (χ2n) is 10.5. The number of carbonyl (C=O) groups is 2. The van der Waals surface area contributed by atoms with Gasteiger partial charge in [-0.1, -0.05) is 69.2 Å². The quantitative estimate of drug-likeness (QED) is 0.249. The Morgan fingerprint density at radius 1 is 1.02 bits per heavy atom. The fourth-order valence-electron chi connectivity index (χ4n) is 4.49. The van der Waals surface area contributed by atoms with Crippen molar-refractivity contribution < 1.29 is 19.1 Å². The third kappa shape index (κ3) is 7.39. The predicted molar refractivity (Wildman–Crippen MR) is 163 cm³/mol. The molecule has 0 saturated heterocycles. The third-order valence-corrected chi connectivity index (χ3v) is 7.64. The summed E-state index contributed by atoms with van der Waals surface area (Å²) in [7, 11) is 4.01. The number of anilines is 2. The number of hydrogen-bond donors (Lipinski definition) is 2. The molecule has 0 aliphatic carbocycles. The largest absolute Gasteiger partial charge is 0.481 e. The Kier molecular flexibility index (Phi) is 9.42. The number of carboxylic acid groups (broad SMARTS) is 1. The number of benzene rings is 3. The van der Waals surface area contributed by atoms with E-state index in [9.17, 15) is 19.1 Å². The molecule has 1 aliphatic rings. The van der Waals surface area contributed by atoms with Crippen LogP contribution in [0.15, 0.2) is 76.6 Å². The lowest BCUT2D eigenvalue weighted by Crippen LogP contribution is -2.14. The van der Waals surface area contributed by atoms with Crippen molar-refractivity contribution >= 4 is 46.3 Å². The number of amides is 1. The van der Waals surface area contributed by atoms with E-state index in [-0.39, 0.29) is 11.5 Å². The van der Waals surface area contributed by atoms with Gasteiger partial charge in [0.2, 0.25) is 0 Å². The minimum absolute atomic E-state index is 0.163. The van der Waals surface area contributed by atoms with Crippen LogP contribution in [-0.4, -0.2) is 36.2 Å². The van der Waals surface area contributed by atoms with Crippen LogP contribution in [0.2, 0.25) is 0 Å². The summed E-state index contributed by atoms with van der Waals surface area (Å²) in [5, 5.41) is 13.0. The SMILES string of the molecule is CC(C)CCCC(C(=O)O)c1ccc(NC2=NC(=O)C(=Cc3ccc(-c4ccc(N(C)C)cc4)cc3)S2)cc1F. The number of hydrogen-bond acceptors (Lipinski definition) is 5. The van der Waals surface area contributed by atoms with Crippen LogP contribution in [0.5, 0.6) is 0 Å². The fourth-order valence-corrected chi connectivity index (χ4v) is 5.32. The molecule has 0 fully saturated rings. The van der Waals surface area contributed by atoms with E-state index in [1.54, 1.807) is 12.1 Å². The average Bonchev–Trinajstić information content (AvgIpc) is 3.25. The molecule has 3 aromatic rings. The molecule has 2 N–H and O–H groups in total. The van der Waals surface area contributed by atoms with Crippen molar-refractivity contribution in [2.45, 2.75) is 39.0 Å². The molecular weight excluding hydrogens is 525 g/mol. The number of amidine groups is 1. The van der Waals surface area contributed by atoms with Gasteiger partial charge in [0.15, 0.2) is 5.17 Å². The van der Waals surface area contributed by atoms with Crippen LogP contribution in [0, 0.1) is 11.7 Å². The maximum Gasteiger partial charge on any atom is 0.311 e. The van der Waals surface area contributed by atoms with Gasteiger partial charge in [0.25, 0.3) is 5.91 Å². The van der Waals surface area contributed by atoms with E-state index in [0.29, 0.717) is 34.5 Å². The molecule has 1 aliphatic heterocycles. The second kappa shape index (κ2) is 13.0. The smallest absolute Gasteiger partial charge is 0.311 e. The fraction of sp³-hybridized carbons (Fsp3) is 0.281. The molecule has 0 bridgehead atoms. The zero-order chi connectivity index (χ0) is 28.8. The van der Waals surface area contributed by atoms with E-state index in [0.717, 1.165) is 28.8 Å². The maximum absolute atomic E-state index is 14.9. The van der Waals surface area contributed by atoms with Gasteiger partial charge < -0.3 is 15.3 Å². The standard InChI is InChI=1S/C32H34FN3O3S/c1-20(2)6-5-7-27(31(38)39)26-17-14-24(19-28(26)33)34-32-35-30(37)29(40-32)18-21-8-10-22(11-9-21)23-12-15-25(16-13-23)36(3)4/h8-20,27H,5-7H2,1-4H3,(H,38,39)(H,34,35,37). The Labute approximate surface area is 239 Å². The first-order chi connectivity index (χ1) is 19.1. The number of thioether (sulfide) groups is 1. The zero-order valence-electron chi connectivity index (χ0n) is 23.1. The molecule has 0 spiro atoms. The number of rotatable bonds is 10. The molecule has 4 rings (SSSR count). The molecule has 1 unspecified atom stereocenters. The normalized spacial score (nSPS) is 14.9. The van der Waals surface area contributed by atoms with Gasteiger partial charge >= 0.3 is 5.97 Å². The van der Waals surface area contributed by atoms with Crippen LogP contribution in [0.3, 0.4) is 0 Å². The summed E-state index contributed by atoms with van der Waals surface area (Å²) in [5.74, 6) is -2.43. The van der Waals surface area contributed by atoms with Crippen LogP contribution in [0.4, 0.5) is 15.8 Å². The van der Waals surface area contributed by atoms with Gasteiger partial charge in [-0.3, -0.25) is 9.59 Å². The second-order valence-corrected chi connectivity index (χ2v) is 11.5. The number of nitrogens with one attached hydrogen (secondary N) is 1. The Hall–Kier alpha value is -3.91. The first-order valence-corrected chi connectivity index (χ1v) is 14.1. The van der Waals surface area contributed by atoms with Crippen LogP contribution in [0.25, 0.3) is 17.2 Å². The van der Waals surface area contributed by atoms with Crippen molar-refractivity contribution in [3.05, 3.63) is 88.6 Å². The van der Waals surface area contributed by atoms with Crippen molar-refractivity contribution in [2.75, 3.05) is 24.3 Å². The van der Waals surface area contributed by atoms with Gasteiger partial charge in [-0.05, 0) is 71.1 Å². The Morgan fingerprint density at radius 3 is 2.25 bits per heavy atom. The summed E-state index contributed by atoms with van der Waals surface area (Å²) in [6.07, 6.45) is 3.76. The summed E-state index contributed by atoms with van der Waals surface area (Å²) >= 11 is 1.18. The minimum Gasteiger partial charge on any atom is -0.481 e. The predicted octanol–water partition coefficient (Wildman–Crippen LogP) is 7.64. The first-order valence-electron chi connectivity index (χ1n) is 13.3. The van der Waals surface area contributed by atoms with E-state index in [2.05, 4.69) is 53.3 Å². The molecule has 40 heavy (non-hydrogen) atoms. The third-order valence-electron chi connectivity index (χ3n) is 6.75. The molecule has 8 heteroatoms. The lowest BCUT2D eigenvalue weighted by Gasteiger charge is -2.15. The number of carbonyl (C=O) groups excluding carboxylic acids is 1. The highest BCUT2D eigenvalue weighted by Crippen LogP contribution is 2.32. The van der Waals surface area contributed by atoms with Crippen molar-refractivity contribution in [3.63, 3.8) is 0 Å². The Balaban J connectivity index is 1.40. The highest BCUT2D eigenvalue weighted by Gasteiger charge is 2.25. The van der Waals surface area contributed by atoms with Gasteiger partial charge in [-0.15, -0.1) is 0 Å². The van der Waals surface area contributed by atoms with E-state index < -0.39 is 17.7 Å². The summed E-state index contributed by atoms with van der Waals surface area (Å²) in [6.45, 7) is 4.16. The molecule has 0 aromatic heterocycles. The lowest BCUT2D eigenvalue weighted by molar-refractivity contribution is -0.139. The highest BCUT2D eigenvalue weighted by molar-refractivity contribution is 8.18. The van der Waals surface area contributed by atoms with Crippen LogP contribution in [-0.2, 0) is 9.59 Å².